The Hall–Kier alpha value is -1.22. The molecule has 0 bridgehead atoms. The smallest absolute Gasteiger partial charge is 0.191 e. The Balaban J connectivity index is 0.00000280. The van der Waals surface area contributed by atoms with Crippen LogP contribution in [0.1, 0.15) is 31.7 Å². The molecule has 2 aliphatic rings. The van der Waals surface area contributed by atoms with Gasteiger partial charge in [-0.15, -0.1) is 24.0 Å². The quantitative estimate of drug-likeness (QED) is 0.309. The molecule has 158 valence electrons. The van der Waals surface area contributed by atoms with Crippen LogP contribution in [-0.4, -0.2) is 63.8 Å². The number of likely N-dealkylation sites (tertiary alicyclic amines) is 1. The summed E-state index contributed by atoms with van der Waals surface area (Å²) in [5.41, 5.74) is 1.21. The van der Waals surface area contributed by atoms with Gasteiger partial charge in [0.25, 0.3) is 0 Å². The minimum Gasteiger partial charge on any atom is -0.493 e. The molecule has 1 aromatic carbocycles. The Morgan fingerprint density at radius 2 is 1.93 bits per heavy atom. The minimum absolute atomic E-state index is 0. The summed E-state index contributed by atoms with van der Waals surface area (Å²) < 4.78 is 10.7. The fourth-order valence-electron chi connectivity index (χ4n) is 3.71. The average molecular weight is 502 g/mol. The van der Waals surface area contributed by atoms with Crippen molar-refractivity contribution in [3.8, 4) is 11.5 Å². The van der Waals surface area contributed by atoms with Crippen LogP contribution in [0.5, 0.6) is 11.5 Å². The van der Waals surface area contributed by atoms with E-state index in [-0.39, 0.29) is 24.0 Å². The average Bonchev–Trinajstić information content (AvgIpc) is 3.44. The zero-order chi connectivity index (χ0) is 19.1. The molecule has 28 heavy (non-hydrogen) atoms. The molecule has 1 aliphatic carbocycles. The zero-order valence-corrected chi connectivity index (χ0v) is 19.7. The third-order valence-electron chi connectivity index (χ3n) is 5.39. The normalized spacial score (nSPS) is 19.8. The number of nitrogens with one attached hydrogen (secondary N) is 2. The lowest BCUT2D eigenvalue weighted by atomic mass is 10.1. The van der Waals surface area contributed by atoms with Gasteiger partial charge in [-0.3, -0.25) is 4.99 Å². The van der Waals surface area contributed by atoms with Crippen molar-refractivity contribution in [2.45, 2.75) is 38.6 Å². The molecule has 0 amide bonds. The van der Waals surface area contributed by atoms with Crippen LogP contribution in [0.25, 0.3) is 0 Å². The third-order valence-corrected chi connectivity index (χ3v) is 5.39. The summed E-state index contributed by atoms with van der Waals surface area (Å²) in [4.78, 5) is 7.48. The molecule has 1 unspecified atom stereocenters. The van der Waals surface area contributed by atoms with Gasteiger partial charge in [-0.05, 0) is 62.8 Å². The highest BCUT2D eigenvalue weighted by Crippen LogP contribution is 2.31. The maximum absolute atomic E-state index is 5.38. The third kappa shape index (κ3) is 6.69. The van der Waals surface area contributed by atoms with E-state index >= 15 is 0 Å². The Bertz CT molecular complexity index is 637. The highest BCUT2D eigenvalue weighted by Gasteiger charge is 2.34. The number of benzene rings is 1. The van der Waals surface area contributed by atoms with E-state index in [0.717, 1.165) is 49.6 Å². The maximum atomic E-state index is 5.38. The SMILES string of the molecule is CCNC(=NCC1CCN(C2CC2)C1)NCCc1ccc(OC)c(OC)c1.I. The fraction of sp³-hybridized carbons (Fsp3) is 0.667. The molecule has 7 heteroatoms. The van der Waals surface area contributed by atoms with Crippen molar-refractivity contribution in [1.29, 1.82) is 0 Å². The molecular formula is C21H35IN4O2. The van der Waals surface area contributed by atoms with Crippen LogP contribution >= 0.6 is 24.0 Å². The van der Waals surface area contributed by atoms with Crippen LogP contribution in [-0.2, 0) is 6.42 Å². The van der Waals surface area contributed by atoms with Gasteiger partial charge in [0.2, 0.25) is 0 Å². The van der Waals surface area contributed by atoms with Gasteiger partial charge in [0.05, 0.1) is 14.2 Å². The van der Waals surface area contributed by atoms with Gasteiger partial charge in [0, 0.05) is 32.2 Å². The highest BCUT2D eigenvalue weighted by atomic mass is 127. The summed E-state index contributed by atoms with van der Waals surface area (Å²) in [7, 11) is 3.33. The van der Waals surface area contributed by atoms with Gasteiger partial charge in [0.1, 0.15) is 0 Å². The molecule has 1 aromatic rings. The van der Waals surface area contributed by atoms with E-state index in [9.17, 15) is 0 Å². The summed E-state index contributed by atoms with van der Waals surface area (Å²) in [5.74, 6) is 3.16. The predicted octanol–water partition coefficient (Wildman–Crippen LogP) is 2.90. The van der Waals surface area contributed by atoms with E-state index in [1.807, 2.05) is 12.1 Å². The number of rotatable bonds is 9. The fourth-order valence-corrected chi connectivity index (χ4v) is 3.71. The number of nitrogens with zero attached hydrogens (tertiary/aromatic N) is 2. The largest absolute Gasteiger partial charge is 0.493 e. The lowest BCUT2D eigenvalue weighted by molar-refractivity contribution is 0.315. The monoisotopic (exact) mass is 502 g/mol. The van der Waals surface area contributed by atoms with Gasteiger partial charge >= 0.3 is 0 Å². The molecule has 3 rings (SSSR count). The highest BCUT2D eigenvalue weighted by molar-refractivity contribution is 14.0. The number of halogens is 1. The predicted molar refractivity (Wildman–Crippen MR) is 125 cm³/mol. The van der Waals surface area contributed by atoms with Gasteiger partial charge in [-0.2, -0.15) is 0 Å². The first kappa shape index (κ1) is 23.1. The number of hydrogen-bond acceptors (Lipinski definition) is 4. The summed E-state index contributed by atoms with van der Waals surface area (Å²) >= 11 is 0. The van der Waals surface area contributed by atoms with Crippen molar-refractivity contribution in [1.82, 2.24) is 15.5 Å². The van der Waals surface area contributed by atoms with Gasteiger partial charge in [-0.25, -0.2) is 0 Å². The Kier molecular flexibility index (Phi) is 9.64. The lowest BCUT2D eigenvalue weighted by Crippen LogP contribution is -2.38. The molecule has 1 saturated carbocycles. The molecule has 1 atom stereocenters. The molecule has 6 nitrogen and oxygen atoms in total. The zero-order valence-electron chi connectivity index (χ0n) is 17.4. The van der Waals surface area contributed by atoms with Crippen molar-refractivity contribution >= 4 is 29.9 Å². The maximum Gasteiger partial charge on any atom is 0.191 e. The molecular weight excluding hydrogens is 467 g/mol. The first-order valence-electron chi connectivity index (χ1n) is 10.2. The molecule has 2 N–H and O–H groups in total. The molecule has 0 spiro atoms. The molecule has 0 radical (unpaired) electrons. The van der Waals surface area contributed by atoms with Crippen molar-refractivity contribution < 1.29 is 9.47 Å². The number of hydrogen-bond donors (Lipinski definition) is 2. The Morgan fingerprint density at radius 3 is 2.61 bits per heavy atom. The molecule has 1 aliphatic heterocycles. The molecule has 0 aromatic heterocycles. The van der Waals surface area contributed by atoms with Crippen molar-refractivity contribution in [2.75, 3.05) is 46.9 Å². The van der Waals surface area contributed by atoms with Crippen LogP contribution in [0, 0.1) is 5.92 Å². The topological polar surface area (TPSA) is 58.1 Å². The second kappa shape index (κ2) is 11.7. The first-order chi connectivity index (χ1) is 13.2. The van der Waals surface area contributed by atoms with Crippen molar-refractivity contribution in [2.24, 2.45) is 10.9 Å². The van der Waals surface area contributed by atoms with Crippen LogP contribution in [0.4, 0.5) is 0 Å². The summed E-state index contributed by atoms with van der Waals surface area (Å²) in [6.07, 6.45) is 4.99. The van der Waals surface area contributed by atoms with Gasteiger partial charge in [0.15, 0.2) is 17.5 Å². The number of guanidine groups is 1. The van der Waals surface area contributed by atoms with Crippen LogP contribution in [0.2, 0.25) is 0 Å². The van der Waals surface area contributed by atoms with Gasteiger partial charge < -0.3 is 25.0 Å². The van der Waals surface area contributed by atoms with Crippen LogP contribution in [0.15, 0.2) is 23.2 Å². The van der Waals surface area contributed by atoms with E-state index < -0.39 is 0 Å². The van der Waals surface area contributed by atoms with E-state index in [2.05, 4.69) is 28.5 Å². The first-order valence-corrected chi connectivity index (χ1v) is 10.2. The Morgan fingerprint density at radius 1 is 1.14 bits per heavy atom. The number of methoxy groups -OCH3 is 2. The molecule has 2 fully saturated rings. The molecule has 1 heterocycles. The molecule has 1 saturated heterocycles. The van der Waals surface area contributed by atoms with Crippen LogP contribution < -0.4 is 20.1 Å². The van der Waals surface area contributed by atoms with E-state index in [1.165, 1.54) is 37.9 Å². The van der Waals surface area contributed by atoms with E-state index in [4.69, 9.17) is 14.5 Å². The Labute approximate surface area is 186 Å². The van der Waals surface area contributed by atoms with Gasteiger partial charge in [-0.1, -0.05) is 6.07 Å². The van der Waals surface area contributed by atoms with E-state index in [0.29, 0.717) is 5.92 Å². The number of aliphatic imine (C=N–C) groups is 1. The minimum atomic E-state index is 0. The van der Waals surface area contributed by atoms with Crippen LogP contribution in [0.3, 0.4) is 0 Å². The standard InChI is InChI=1S/C21H34N4O2.HI/c1-4-22-21(24-14-17-10-12-25(15-17)18-6-7-18)23-11-9-16-5-8-19(26-2)20(13-16)27-3;/h5,8,13,17-18H,4,6-7,9-12,14-15H2,1-3H3,(H2,22,23,24);1H. The second-order valence-corrected chi connectivity index (χ2v) is 7.47. The van der Waals surface area contributed by atoms with Crippen molar-refractivity contribution in [3.63, 3.8) is 0 Å². The summed E-state index contributed by atoms with van der Waals surface area (Å²) in [5, 5.41) is 6.82. The lowest BCUT2D eigenvalue weighted by Gasteiger charge is -2.15. The summed E-state index contributed by atoms with van der Waals surface area (Å²) in [6, 6.07) is 6.96. The van der Waals surface area contributed by atoms with E-state index in [1.54, 1.807) is 14.2 Å². The van der Waals surface area contributed by atoms with Crippen molar-refractivity contribution in [3.05, 3.63) is 23.8 Å². The number of ether oxygens (including phenoxy) is 2. The summed E-state index contributed by atoms with van der Waals surface area (Å²) in [6.45, 7) is 7.21. The second-order valence-electron chi connectivity index (χ2n) is 7.47.